The lowest BCUT2D eigenvalue weighted by Gasteiger charge is -2.19. The minimum Gasteiger partial charge on any atom is -0.500 e. The van der Waals surface area contributed by atoms with Gasteiger partial charge in [0.2, 0.25) is 0 Å². The number of hydrogen-bond acceptors (Lipinski definition) is 2. The second kappa shape index (κ2) is 6.60. The van der Waals surface area contributed by atoms with Crippen LogP contribution in [0.4, 0.5) is 0 Å². The lowest BCUT2D eigenvalue weighted by molar-refractivity contribution is -0.132. The second-order valence-corrected chi connectivity index (χ2v) is 5.33. The molecule has 0 amide bonds. The molecule has 0 heterocycles. The first-order valence-corrected chi connectivity index (χ1v) is 7.08. The molecule has 0 bridgehead atoms. The van der Waals surface area contributed by atoms with Crippen LogP contribution in [-0.4, -0.2) is 17.7 Å². The van der Waals surface area contributed by atoms with Gasteiger partial charge in [-0.25, -0.2) is 4.79 Å². The zero-order valence-corrected chi connectivity index (χ0v) is 11.5. The van der Waals surface area contributed by atoms with Crippen molar-refractivity contribution in [3.8, 4) is 0 Å². The highest BCUT2D eigenvalue weighted by Gasteiger charge is 2.23. The number of ether oxygens (including phenoxy) is 1. The summed E-state index contributed by atoms with van der Waals surface area (Å²) in [7, 11) is 0. The molecule has 0 saturated heterocycles. The first-order chi connectivity index (χ1) is 9.18. The third kappa shape index (κ3) is 3.72. The third-order valence-corrected chi connectivity index (χ3v) is 3.91. The Morgan fingerprint density at radius 2 is 1.89 bits per heavy atom. The number of aliphatic carboxylic acids is 1. The van der Waals surface area contributed by atoms with Crippen LogP contribution in [0.1, 0.15) is 45.4 Å². The molecule has 0 atom stereocenters. The van der Waals surface area contributed by atoms with Gasteiger partial charge < -0.3 is 9.84 Å². The zero-order valence-electron chi connectivity index (χ0n) is 11.5. The average molecular weight is 262 g/mol. The van der Waals surface area contributed by atoms with E-state index in [1.807, 2.05) is 0 Å². The Morgan fingerprint density at radius 1 is 1.32 bits per heavy atom. The van der Waals surface area contributed by atoms with Crippen molar-refractivity contribution < 1.29 is 14.6 Å². The van der Waals surface area contributed by atoms with E-state index in [0.29, 0.717) is 12.5 Å². The normalized spacial score (nSPS) is 19.6. The molecule has 0 radical (unpaired) electrons. The molecule has 0 aromatic rings. The summed E-state index contributed by atoms with van der Waals surface area (Å²) in [6, 6.07) is 0. The molecule has 19 heavy (non-hydrogen) atoms. The van der Waals surface area contributed by atoms with E-state index < -0.39 is 5.97 Å². The minimum absolute atomic E-state index is 0.250. The standard InChI is InChI=1S/C16H22O3/c1-12(16(17)18)10-19-11-15(13-6-2-3-7-13)14-8-4-5-9-14/h6,8,10,15H,2-5,7,9,11H2,1H3,(H,17,18). The monoisotopic (exact) mass is 262 g/mol. The van der Waals surface area contributed by atoms with E-state index in [1.165, 1.54) is 43.1 Å². The fourth-order valence-corrected chi connectivity index (χ4v) is 2.80. The fraction of sp³-hybridized carbons (Fsp3) is 0.562. The summed E-state index contributed by atoms with van der Waals surface area (Å²) in [4.78, 5) is 10.7. The predicted molar refractivity (Wildman–Crippen MR) is 74.7 cm³/mol. The lowest BCUT2D eigenvalue weighted by atomic mass is 9.90. The van der Waals surface area contributed by atoms with Crippen LogP contribution in [-0.2, 0) is 9.53 Å². The summed E-state index contributed by atoms with van der Waals surface area (Å²) in [6.07, 6.45) is 13.2. The van der Waals surface area contributed by atoms with Gasteiger partial charge in [-0.2, -0.15) is 0 Å². The van der Waals surface area contributed by atoms with Crippen molar-refractivity contribution in [2.24, 2.45) is 5.92 Å². The van der Waals surface area contributed by atoms with Crippen LogP contribution in [0.3, 0.4) is 0 Å². The Balaban J connectivity index is 1.98. The van der Waals surface area contributed by atoms with Gasteiger partial charge in [-0.05, 0) is 45.4 Å². The molecule has 0 spiro atoms. The van der Waals surface area contributed by atoms with Gasteiger partial charge >= 0.3 is 5.97 Å². The molecule has 0 saturated carbocycles. The summed E-state index contributed by atoms with van der Waals surface area (Å²) in [5, 5.41) is 8.80. The van der Waals surface area contributed by atoms with Crippen molar-refractivity contribution in [1.29, 1.82) is 0 Å². The van der Waals surface area contributed by atoms with E-state index in [2.05, 4.69) is 12.2 Å². The molecule has 0 aromatic carbocycles. The Labute approximate surface area is 114 Å². The second-order valence-electron chi connectivity index (χ2n) is 5.33. The quantitative estimate of drug-likeness (QED) is 0.449. The molecule has 1 N–H and O–H groups in total. The molecule has 0 fully saturated rings. The molecule has 0 aromatic heterocycles. The maximum absolute atomic E-state index is 10.7. The van der Waals surface area contributed by atoms with Gasteiger partial charge in [-0.1, -0.05) is 23.3 Å². The van der Waals surface area contributed by atoms with Gasteiger partial charge in [0.1, 0.15) is 0 Å². The summed E-state index contributed by atoms with van der Waals surface area (Å²) in [5.41, 5.74) is 3.21. The number of rotatable bonds is 6. The van der Waals surface area contributed by atoms with Crippen LogP contribution in [0.5, 0.6) is 0 Å². The van der Waals surface area contributed by atoms with Crippen molar-refractivity contribution in [3.63, 3.8) is 0 Å². The zero-order chi connectivity index (χ0) is 13.7. The first kappa shape index (κ1) is 13.9. The van der Waals surface area contributed by atoms with Crippen molar-refractivity contribution in [2.75, 3.05) is 6.61 Å². The van der Waals surface area contributed by atoms with Gasteiger partial charge in [-0.3, -0.25) is 0 Å². The predicted octanol–water partition coefficient (Wildman–Crippen LogP) is 3.83. The number of carboxylic acids is 1. The number of carbonyl (C=O) groups is 1. The van der Waals surface area contributed by atoms with Crippen molar-refractivity contribution in [1.82, 2.24) is 0 Å². The Hall–Kier alpha value is -1.51. The maximum atomic E-state index is 10.7. The lowest BCUT2D eigenvalue weighted by Crippen LogP contribution is -2.12. The highest BCUT2D eigenvalue weighted by atomic mass is 16.5. The highest BCUT2D eigenvalue weighted by molar-refractivity contribution is 5.85. The molecule has 2 aliphatic rings. The van der Waals surface area contributed by atoms with E-state index in [1.54, 1.807) is 6.92 Å². The summed E-state index contributed by atoms with van der Waals surface area (Å²) in [5.74, 6) is -0.556. The molecule has 0 aliphatic heterocycles. The number of allylic oxidation sites excluding steroid dienone is 2. The third-order valence-electron chi connectivity index (χ3n) is 3.91. The van der Waals surface area contributed by atoms with Crippen molar-refractivity contribution in [2.45, 2.75) is 45.4 Å². The van der Waals surface area contributed by atoms with Crippen LogP contribution in [0, 0.1) is 5.92 Å². The minimum atomic E-state index is -0.920. The smallest absolute Gasteiger partial charge is 0.334 e. The summed E-state index contributed by atoms with van der Waals surface area (Å²) >= 11 is 0. The van der Waals surface area contributed by atoms with Crippen molar-refractivity contribution >= 4 is 5.97 Å². The van der Waals surface area contributed by atoms with E-state index in [0.717, 1.165) is 12.8 Å². The molecule has 104 valence electrons. The van der Waals surface area contributed by atoms with Gasteiger partial charge in [0, 0.05) is 5.92 Å². The Morgan fingerprint density at radius 3 is 2.32 bits per heavy atom. The summed E-state index contributed by atoms with van der Waals surface area (Å²) in [6.45, 7) is 2.13. The molecule has 2 rings (SSSR count). The highest BCUT2D eigenvalue weighted by Crippen LogP contribution is 2.35. The van der Waals surface area contributed by atoms with Crippen LogP contribution in [0.2, 0.25) is 0 Å². The topological polar surface area (TPSA) is 46.5 Å². The van der Waals surface area contributed by atoms with Crippen molar-refractivity contribution in [3.05, 3.63) is 35.1 Å². The van der Waals surface area contributed by atoms with E-state index in [4.69, 9.17) is 9.84 Å². The van der Waals surface area contributed by atoms with Crippen LogP contribution >= 0.6 is 0 Å². The first-order valence-electron chi connectivity index (χ1n) is 7.08. The molecule has 0 unspecified atom stereocenters. The average Bonchev–Trinajstić information content (AvgIpc) is 3.07. The van der Waals surface area contributed by atoms with E-state index in [-0.39, 0.29) is 5.57 Å². The van der Waals surface area contributed by atoms with Crippen LogP contribution in [0.25, 0.3) is 0 Å². The largest absolute Gasteiger partial charge is 0.500 e. The maximum Gasteiger partial charge on any atom is 0.334 e. The van der Waals surface area contributed by atoms with Crippen LogP contribution in [0.15, 0.2) is 35.1 Å². The fourth-order valence-electron chi connectivity index (χ4n) is 2.80. The molecular weight excluding hydrogens is 240 g/mol. The van der Waals surface area contributed by atoms with Gasteiger partial charge in [0.15, 0.2) is 0 Å². The summed E-state index contributed by atoms with van der Waals surface area (Å²) < 4.78 is 5.52. The van der Waals surface area contributed by atoms with Gasteiger partial charge in [0.05, 0.1) is 18.4 Å². The Bertz CT molecular complexity index is 405. The van der Waals surface area contributed by atoms with E-state index in [9.17, 15) is 4.79 Å². The van der Waals surface area contributed by atoms with Crippen LogP contribution < -0.4 is 0 Å². The van der Waals surface area contributed by atoms with E-state index >= 15 is 0 Å². The molecule has 2 aliphatic carbocycles. The molecule has 3 nitrogen and oxygen atoms in total. The molecular formula is C16H22O3. The number of carboxylic acid groups (broad SMARTS) is 1. The number of hydrogen-bond donors (Lipinski definition) is 1. The Kier molecular flexibility index (Phi) is 4.83. The molecule has 3 heteroatoms. The van der Waals surface area contributed by atoms with Gasteiger partial charge in [-0.15, -0.1) is 0 Å². The van der Waals surface area contributed by atoms with Gasteiger partial charge in [0.25, 0.3) is 0 Å². The SMILES string of the molecule is CC(=COCC(C1=CCCC1)C1=CCCC1)C(=O)O.